The lowest BCUT2D eigenvalue weighted by molar-refractivity contribution is 0.108. The molecule has 3 rings (SSSR count). The number of β-amino-alcohol motifs (C(OH)–C–C–N with tert-alkyl or cyclic N) is 1. The van der Waals surface area contributed by atoms with Crippen LogP contribution in [-0.2, 0) is 0 Å². The van der Waals surface area contributed by atoms with Crippen molar-refractivity contribution in [2.75, 3.05) is 32.7 Å². The van der Waals surface area contributed by atoms with E-state index in [9.17, 15) is 5.11 Å². The van der Waals surface area contributed by atoms with Crippen LogP contribution in [0.3, 0.4) is 0 Å². The van der Waals surface area contributed by atoms with Gasteiger partial charge in [0.25, 0.3) is 0 Å². The first-order chi connectivity index (χ1) is 10.1. The van der Waals surface area contributed by atoms with Crippen LogP contribution in [0.2, 0.25) is 0 Å². The highest BCUT2D eigenvalue weighted by Crippen LogP contribution is 2.23. The van der Waals surface area contributed by atoms with Gasteiger partial charge in [-0.15, -0.1) is 0 Å². The number of nitrogens with zero attached hydrogens (tertiary/aromatic N) is 2. The summed E-state index contributed by atoms with van der Waals surface area (Å²) in [6.07, 6.45) is 3.54. The molecule has 21 heavy (non-hydrogen) atoms. The van der Waals surface area contributed by atoms with Crippen LogP contribution in [0.5, 0.6) is 0 Å². The molecule has 1 aromatic carbocycles. The van der Waals surface area contributed by atoms with Gasteiger partial charge in [0, 0.05) is 19.1 Å². The topological polar surface area (TPSA) is 26.7 Å². The summed E-state index contributed by atoms with van der Waals surface area (Å²) in [4.78, 5) is 5.11. The fourth-order valence-corrected chi connectivity index (χ4v) is 3.77. The van der Waals surface area contributed by atoms with Crippen LogP contribution in [0.1, 0.15) is 42.1 Å². The van der Waals surface area contributed by atoms with Gasteiger partial charge in [-0.25, -0.2) is 0 Å². The molecule has 1 N–H and O–H groups in total. The molecule has 1 aromatic rings. The van der Waals surface area contributed by atoms with Gasteiger partial charge in [-0.05, 0) is 69.4 Å². The minimum Gasteiger partial charge on any atom is -0.387 e. The largest absolute Gasteiger partial charge is 0.387 e. The SMILES string of the molecule is Cc1ccc(C(O)CN2CCCN3CCCC3C2)cc1C. The van der Waals surface area contributed by atoms with E-state index in [0.29, 0.717) is 0 Å². The first-order valence-electron chi connectivity index (χ1n) is 8.35. The highest BCUT2D eigenvalue weighted by Gasteiger charge is 2.29. The summed E-state index contributed by atoms with van der Waals surface area (Å²) in [7, 11) is 0. The van der Waals surface area contributed by atoms with Crippen molar-refractivity contribution in [1.29, 1.82) is 0 Å². The minimum atomic E-state index is -0.364. The normalized spacial score (nSPS) is 25.6. The van der Waals surface area contributed by atoms with Gasteiger partial charge >= 0.3 is 0 Å². The average molecular weight is 288 g/mol. The van der Waals surface area contributed by atoms with Crippen molar-refractivity contribution in [1.82, 2.24) is 9.80 Å². The second-order valence-corrected chi connectivity index (χ2v) is 6.80. The highest BCUT2D eigenvalue weighted by atomic mass is 16.3. The smallest absolute Gasteiger partial charge is 0.0917 e. The molecule has 3 nitrogen and oxygen atoms in total. The van der Waals surface area contributed by atoms with E-state index in [1.807, 2.05) is 0 Å². The molecule has 2 aliphatic heterocycles. The Bertz CT molecular complexity index is 488. The summed E-state index contributed by atoms with van der Waals surface area (Å²) in [5.74, 6) is 0. The molecule has 2 heterocycles. The Balaban J connectivity index is 1.63. The predicted molar refractivity (Wildman–Crippen MR) is 86.5 cm³/mol. The Morgan fingerprint density at radius 2 is 1.95 bits per heavy atom. The molecule has 0 radical (unpaired) electrons. The van der Waals surface area contributed by atoms with Crippen LogP contribution in [-0.4, -0.2) is 53.7 Å². The third-order valence-corrected chi connectivity index (χ3v) is 5.23. The molecule has 0 amide bonds. The van der Waals surface area contributed by atoms with E-state index in [1.165, 1.54) is 43.5 Å². The van der Waals surface area contributed by atoms with Crippen molar-refractivity contribution in [3.05, 3.63) is 34.9 Å². The first kappa shape index (κ1) is 15.0. The van der Waals surface area contributed by atoms with Crippen LogP contribution in [0, 0.1) is 13.8 Å². The summed E-state index contributed by atoms with van der Waals surface area (Å²) >= 11 is 0. The van der Waals surface area contributed by atoms with E-state index in [1.54, 1.807) is 0 Å². The number of hydrogen-bond acceptors (Lipinski definition) is 3. The zero-order chi connectivity index (χ0) is 14.8. The van der Waals surface area contributed by atoms with Crippen LogP contribution >= 0.6 is 0 Å². The molecule has 2 saturated heterocycles. The standard InChI is InChI=1S/C18H28N2O/c1-14-6-7-16(11-15(14)2)18(21)13-19-8-4-10-20-9-3-5-17(20)12-19/h6-7,11,17-18,21H,3-5,8-10,12-13H2,1-2H3. The Morgan fingerprint density at radius 3 is 2.76 bits per heavy atom. The summed E-state index contributed by atoms with van der Waals surface area (Å²) < 4.78 is 0. The molecule has 0 bridgehead atoms. The maximum absolute atomic E-state index is 10.6. The Morgan fingerprint density at radius 1 is 1.14 bits per heavy atom. The lowest BCUT2D eigenvalue weighted by Crippen LogP contribution is -2.38. The molecular formula is C18H28N2O. The fraction of sp³-hybridized carbons (Fsp3) is 0.667. The zero-order valence-electron chi connectivity index (χ0n) is 13.4. The number of benzene rings is 1. The molecule has 116 valence electrons. The third-order valence-electron chi connectivity index (χ3n) is 5.23. The van der Waals surface area contributed by atoms with Crippen LogP contribution in [0.25, 0.3) is 0 Å². The fourth-order valence-electron chi connectivity index (χ4n) is 3.77. The van der Waals surface area contributed by atoms with E-state index in [2.05, 4.69) is 41.8 Å². The molecule has 2 unspecified atom stereocenters. The molecular weight excluding hydrogens is 260 g/mol. The molecule has 0 aliphatic carbocycles. The van der Waals surface area contributed by atoms with E-state index in [4.69, 9.17) is 0 Å². The van der Waals surface area contributed by atoms with Crippen molar-refractivity contribution in [2.45, 2.75) is 45.3 Å². The van der Waals surface area contributed by atoms with Crippen molar-refractivity contribution >= 4 is 0 Å². The number of aryl methyl sites for hydroxylation is 2. The van der Waals surface area contributed by atoms with Crippen LogP contribution in [0.15, 0.2) is 18.2 Å². The summed E-state index contributed by atoms with van der Waals surface area (Å²) in [5, 5.41) is 10.6. The van der Waals surface area contributed by atoms with E-state index < -0.39 is 0 Å². The van der Waals surface area contributed by atoms with Crippen molar-refractivity contribution in [3.63, 3.8) is 0 Å². The molecule has 3 heteroatoms. The molecule has 0 spiro atoms. The average Bonchev–Trinajstić information content (AvgIpc) is 2.80. The van der Waals surface area contributed by atoms with Gasteiger partial charge < -0.3 is 5.11 Å². The van der Waals surface area contributed by atoms with Gasteiger partial charge in [-0.3, -0.25) is 9.80 Å². The molecule has 2 atom stereocenters. The monoisotopic (exact) mass is 288 g/mol. The third kappa shape index (κ3) is 3.47. The maximum atomic E-state index is 10.6. The lowest BCUT2D eigenvalue weighted by atomic mass is 10.0. The second-order valence-electron chi connectivity index (χ2n) is 6.80. The summed E-state index contributed by atoms with van der Waals surface area (Å²) in [6.45, 7) is 9.77. The predicted octanol–water partition coefficient (Wildman–Crippen LogP) is 2.51. The number of rotatable bonds is 3. The maximum Gasteiger partial charge on any atom is 0.0917 e. The van der Waals surface area contributed by atoms with E-state index >= 15 is 0 Å². The van der Waals surface area contributed by atoms with Gasteiger partial charge in [-0.1, -0.05) is 18.2 Å². The van der Waals surface area contributed by atoms with Crippen molar-refractivity contribution in [3.8, 4) is 0 Å². The number of fused-ring (bicyclic) bond motifs is 1. The Labute approximate surface area is 128 Å². The number of hydrogen-bond donors (Lipinski definition) is 1. The van der Waals surface area contributed by atoms with Gasteiger partial charge in [0.1, 0.15) is 0 Å². The molecule has 2 aliphatic rings. The molecule has 2 fully saturated rings. The molecule has 0 saturated carbocycles. The first-order valence-corrected chi connectivity index (χ1v) is 8.35. The van der Waals surface area contributed by atoms with Gasteiger partial charge in [0.15, 0.2) is 0 Å². The quantitative estimate of drug-likeness (QED) is 0.926. The Hall–Kier alpha value is -0.900. The van der Waals surface area contributed by atoms with E-state index in [-0.39, 0.29) is 6.10 Å². The lowest BCUT2D eigenvalue weighted by Gasteiger charge is -2.27. The van der Waals surface area contributed by atoms with Gasteiger partial charge in [0.05, 0.1) is 6.10 Å². The summed E-state index contributed by atoms with van der Waals surface area (Å²) in [6, 6.07) is 7.06. The van der Waals surface area contributed by atoms with Crippen molar-refractivity contribution in [2.24, 2.45) is 0 Å². The van der Waals surface area contributed by atoms with Crippen LogP contribution < -0.4 is 0 Å². The van der Waals surface area contributed by atoms with Crippen molar-refractivity contribution < 1.29 is 5.11 Å². The van der Waals surface area contributed by atoms with Gasteiger partial charge in [-0.2, -0.15) is 0 Å². The number of aliphatic hydroxyl groups is 1. The zero-order valence-corrected chi connectivity index (χ0v) is 13.4. The second kappa shape index (κ2) is 6.47. The number of aliphatic hydroxyl groups excluding tert-OH is 1. The molecule has 0 aromatic heterocycles. The van der Waals surface area contributed by atoms with Crippen LogP contribution in [0.4, 0.5) is 0 Å². The minimum absolute atomic E-state index is 0.364. The highest BCUT2D eigenvalue weighted by molar-refractivity contribution is 5.31. The Kier molecular flexibility index (Phi) is 4.63. The van der Waals surface area contributed by atoms with Gasteiger partial charge in [0.2, 0.25) is 0 Å². The van der Waals surface area contributed by atoms with E-state index in [0.717, 1.165) is 31.2 Å². The summed E-state index contributed by atoms with van der Waals surface area (Å²) in [5.41, 5.74) is 3.62.